The molecule has 17 heavy (non-hydrogen) atoms. The molecule has 0 radical (unpaired) electrons. The third kappa shape index (κ3) is 2.38. The lowest BCUT2D eigenvalue weighted by molar-refractivity contribution is 0.638. The zero-order chi connectivity index (χ0) is 11.0. The van der Waals surface area contributed by atoms with Crippen molar-refractivity contribution in [3.05, 3.63) is 47.2 Å². The van der Waals surface area contributed by atoms with Crippen LogP contribution in [0.15, 0.2) is 30.3 Å². The van der Waals surface area contributed by atoms with Crippen molar-refractivity contribution in [2.24, 2.45) is 0 Å². The fraction of sp³-hybridized carbons (Fsp3) is 0.286. The van der Waals surface area contributed by atoms with Gasteiger partial charge < -0.3 is 10.3 Å². The van der Waals surface area contributed by atoms with E-state index < -0.39 is 0 Å². The lowest BCUT2D eigenvalue weighted by atomic mass is 10.1. The molecule has 0 amide bonds. The molecule has 0 atom stereocenters. The van der Waals surface area contributed by atoms with Gasteiger partial charge in [0.25, 0.3) is 0 Å². The van der Waals surface area contributed by atoms with Crippen LogP contribution >= 0.6 is 12.4 Å². The highest BCUT2D eigenvalue weighted by Crippen LogP contribution is 2.23. The minimum Gasteiger partial charge on any atom is -0.358 e. The predicted molar refractivity (Wildman–Crippen MR) is 73.6 cm³/mol. The number of H-pyrrole nitrogens is 1. The van der Waals surface area contributed by atoms with Gasteiger partial charge in [0.2, 0.25) is 0 Å². The van der Waals surface area contributed by atoms with Crippen LogP contribution in [-0.2, 0) is 13.0 Å². The maximum Gasteiger partial charge on any atom is 0.0459 e. The molecule has 3 heteroatoms. The summed E-state index contributed by atoms with van der Waals surface area (Å²) in [6, 6.07) is 11.0. The lowest BCUT2D eigenvalue weighted by Gasteiger charge is -2.11. The SMILES string of the molecule is Cc1ccc(-c2cc3c([nH]2)CCNC3)cc1.Cl. The van der Waals surface area contributed by atoms with E-state index in [0.717, 1.165) is 19.5 Å². The van der Waals surface area contributed by atoms with Crippen LogP contribution in [0.25, 0.3) is 11.3 Å². The smallest absolute Gasteiger partial charge is 0.0459 e. The van der Waals surface area contributed by atoms with Crippen LogP contribution in [0.4, 0.5) is 0 Å². The first-order chi connectivity index (χ1) is 7.83. The molecular formula is C14H17ClN2. The summed E-state index contributed by atoms with van der Waals surface area (Å²) in [5, 5.41) is 3.39. The van der Waals surface area contributed by atoms with Gasteiger partial charge in [-0.25, -0.2) is 0 Å². The molecule has 0 bridgehead atoms. The Kier molecular flexibility index (Phi) is 3.55. The molecule has 90 valence electrons. The van der Waals surface area contributed by atoms with Crippen molar-refractivity contribution in [3.63, 3.8) is 0 Å². The summed E-state index contributed by atoms with van der Waals surface area (Å²) in [5.74, 6) is 0. The Morgan fingerprint density at radius 3 is 2.59 bits per heavy atom. The van der Waals surface area contributed by atoms with Crippen molar-refractivity contribution in [2.45, 2.75) is 19.9 Å². The topological polar surface area (TPSA) is 27.8 Å². The van der Waals surface area contributed by atoms with Gasteiger partial charge in [0, 0.05) is 30.9 Å². The fourth-order valence-electron chi connectivity index (χ4n) is 2.25. The molecule has 0 unspecified atom stereocenters. The molecule has 3 rings (SSSR count). The van der Waals surface area contributed by atoms with E-state index in [4.69, 9.17) is 0 Å². The molecule has 2 N–H and O–H groups in total. The van der Waals surface area contributed by atoms with Crippen molar-refractivity contribution in [3.8, 4) is 11.3 Å². The summed E-state index contributed by atoms with van der Waals surface area (Å²) in [7, 11) is 0. The first-order valence-corrected chi connectivity index (χ1v) is 5.81. The number of aromatic nitrogens is 1. The number of benzene rings is 1. The highest BCUT2D eigenvalue weighted by molar-refractivity contribution is 5.85. The minimum atomic E-state index is 0. The van der Waals surface area contributed by atoms with Crippen molar-refractivity contribution in [2.75, 3.05) is 6.54 Å². The minimum absolute atomic E-state index is 0. The molecule has 2 aromatic rings. The van der Waals surface area contributed by atoms with Gasteiger partial charge in [-0.2, -0.15) is 0 Å². The Labute approximate surface area is 108 Å². The summed E-state index contributed by atoms with van der Waals surface area (Å²) in [4.78, 5) is 3.53. The van der Waals surface area contributed by atoms with Crippen LogP contribution < -0.4 is 5.32 Å². The maximum atomic E-state index is 3.53. The standard InChI is InChI=1S/C14H16N2.ClH/c1-10-2-4-11(5-3-10)14-8-12-9-15-7-6-13(12)16-14;/h2-5,8,15-16H,6-7,9H2,1H3;1H. The van der Waals surface area contributed by atoms with Crippen LogP contribution in [0.3, 0.4) is 0 Å². The fourth-order valence-corrected chi connectivity index (χ4v) is 2.25. The molecule has 1 aliphatic rings. The van der Waals surface area contributed by atoms with Crippen LogP contribution in [0.5, 0.6) is 0 Å². The number of fused-ring (bicyclic) bond motifs is 1. The number of aromatic amines is 1. The summed E-state index contributed by atoms with van der Waals surface area (Å²) in [6.07, 6.45) is 1.11. The van der Waals surface area contributed by atoms with Crippen molar-refractivity contribution >= 4 is 12.4 Å². The van der Waals surface area contributed by atoms with Crippen molar-refractivity contribution in [1.82, 2.24) is 10.3 Å². The highest BCUT2D eigenvalue weighted by atomic mass is 35.5. The molecule has 1 aromatic carbocycles. The summed E-state index contributed by atoms with van der Waals surface area (Å²) >= 11 is 0. The van der Waals surface area contributed by atoms with Gasteiger partial charge in [0.05, 0.1) is 0 Å². The van der Waals surface area contributed by atoms with Gasteiger partial charge in [-0.05, 0) is 24.1 Å². The van der Waals surface area contributed by atoms with E-state index in [1.54, 1.807) is 0 Å². The molecule has 0 spiro atoms. The van der Waals surface area contributed by atoms with E-state index in [2.05, 4.69) is 47.6 Å². The molecule has 2 nitrogen and oxygen atoms in total. The second kappa shape index (κ2) is 4.94. The second-order valence-corrected chi connectivity index (χ2v) is 4.48. The van der Waals surface area contributed by atoms with Gasteiger partial charge in [0.15, 0.2) is 0 Å². The Morgan fingerprint density at radius 1 is 1.12 bits per heavy atom. The molecule has 1 aromatic heterocycles. The number of nitrogens with one attached hydrogen (secondary N) is 2. The van der Waals surface area contributed by atoms with Gasteiger partial charge in [-0.1, -0.05) is 29.8 Å². The third-order valence-electron chi connectivity index (χ3n) is 3.22. The number of rotatable bonds is 1. The van der Waals surface area contributed by atoms with E-state index in [1.165, 1.54) is 28.1 Å². The van der Waals surface area contributed by atoms with Gasteiger partial charge in [0.1, 0.15) is 0 Å². The average Bonchev–Trinajstić information content (AvgIpc) is 2.73. The summed E-state index contributed by atoms with van der Waals surface area (Å²) in [6.45, 7) is 4.20. The Bertz CT molecular complexity index is 476. The maximum absolute atomic E-state index is 3.53. The van der Waals surface area contributed by atoms with E-state index in [0.29, 0.717) is 0 Å². The van der Waals surface area contributed by atoms with Crippen LogP contribution in [0, 0.1) is 6.92 Å². The number of aryl methyl sites for hydroxylation is 1. The summed E-state index contributed by atoms with van der Waals surface area (Å²) < 4.78 is 0. The molecule has 0 fully saturated rings. The molecule has 1 aliphatic heterocycles. The van der Waals surface area contributed by atoms with Crippen LogP contribution in [-0.4, -0.2) is 11.5 Å². The van der Waals surface area contributed by atoms with Crippen molar-refractivity contribution in [1.29, 1.82) is 0 Å². The monoisotopic (exact) mass is 248 g/mol. The first-order valence-electron chi connectivity index (χ1n) is 5.81. The third-order valence-corrected chi connectivity index (χ3v) is 3.22. The van der Waals surface area contributed by atoms with Crippen LogP contribution in [0.1, 0.15) is 16.8 Å². The number of hydrogen-bond acceptors (Lipinski definition) is 1. The molecule has 2 heterocycles. The van der Waals surface area contributed by atoms with Crippen LogP contribution in [0.2, 0.25) is 0 Å². The Hall–Kier alpha value is -1.25. The van der Waals surface area contributed by atoms with E-state index in [9.17, 15) is 0 Å². The summed E-state index contributed by atoms with van der Waals surface area (Å²) in [5.41, 5.74) is 6.64. The quantitative estimate of drug-likeness (QED) is 0.798. The largest absolute Gasteiger partial charge is 0.358 e. The Morgan fingerprint density at radius 2 is 1.88 bits per heavy atom. The second-order valence-electron chi connectivity index (χ2n) is 4.48. The molecule has 0 aliphatic carbocycles. The zero-order valence-corrected chi connectivity index (χ0v) is 10.7. The highest BCUT2D eigenvalue weighted by Gasteiger charge is 2.12. The van der Waals surface area contributed by atoms with E-state index >= 15 is 0 Å². The number of halogens is 1. The first kappa shape index (κ1) is 12.2. The number of hydrogen-bond donors (Lipinski definition) is 2. The van der Waals surface area contributed by atoms with E-state index in [-0.39, 0.29) is 12.4 Å². The van der Waals surface area contributed by atoms with Gasteiger partial charge >= 0.3 is 0 Å². The van der Waals surface area contributed by atoms with Gasteiger partial charge in [-0.3, -0.25) is 0 Å². The van der Waals surface area contributed by atoms with E-state index in [1.807, 2.05) is 0 Å². The van der Waals surface area contributed by atoms with Crippen molar-refractivity contribution < 1.29 is 0 Å². The average molecular weight is 249 g/mol. The lowest BCUT2D eigenvalue weighted by Crippen LogP contribution is -2.22. The zero-order valence-electron chi connectivity index (χ0n) is 9.92. The van der Waals surface area contributed by atoms with Gasteiger partial charge in [-0.15, -0.1) is 12.4 Å². The Balaban J connectivity index is 0.00000108. The molecule has 0 saturated carbocycles. The molecule has 0 saturated heterocycles. The normalized spacial score (nSPS) is 13.9. The molecular weight excluding hydrogens is 232 g/mol. The predicted octanol–water partition coefficient (Wildman–Crippen LogP) is 3.06.